The summed E-state index contributed by atoms with van der Waals surface area (Å²) < 4.78 is 5.83. The Morgan fingerprint density at radius 1 is 0.696 bits per heavy atom. The van der Waals surface area contributed by atoms with E-state index in [1.54, 1.807) is 6.20 Å². The molecule has 0 aliphatic heterocycles. The molecule has 3 heteroatoms. The molecule has 3 nitrogen and oxygen atoms in total. The molecule has 5 rings (SSSR count). The van der Waals surface area contributed by atoms with Gasteiger partial charge in [-0.3, -0.25) is 4.98 Å². The van der Waals surface area contributed by atoms with Crippen molar-refractivity contribution in [2.24, 2.45) is 0 Å². The third-order valence-electron chi connectivity index (χ3n) is 4.13. The monoisotopic (exact) mass is 296 g/mol. The summed E-state index contributed by atoms with van der Waals surface area (Å²) in [6.07, 6.45) is 1.78. The molecule has 3 heterocycles. The SMILES string of the molecule is c1ccc2nc(-c3cc4c(cn3)oc3ccccc34)ccc2c1. The molecule has 2 aromatic carbocycles. The molecule has 0 bridgehead atoms. The number of hydrogen-bond acceptors (Lipinski definition) is 3. The summed E-state index contributed by atoms with van der Waals surface area (Å²) in [5.41, 5.74) is 4.39. The van der Waals surface area contributed by atoms with E-state index in [-0.39, 0.29) is 0 Å². The van der Waals surface area contributed by atoms with Crippen LogP contribution in [0.3, 0.4) is 0 Å². The topological polar surface area (TPSA) is 38.9 Å². The molecule has 0 unspecified atom stereocenters. The van der Waals surface area contributed by atoms with Crippen LogP contribution in [0.25, 0.3) is 44.2 Å². The highest BCUT2D eigenvalue weighted by atomic mass is 16.3. The smallest absolute Gasteiger partial charge is 0.153 e. The van der Waals surface area contributed by atoms with Crippen molar-refractivity contribution >= 4 is 32.8 Å². The Balaban J connectivity index is 1.76. The van der Waals surface area contributed by atoms with Crippen molar-refractivity contribution in [2.45, 2.75) is 0 Å². The maximum Gasteiger partial charge on any atom is 0.153 e. The van der Waals surface area contributed by atoms with Gasteiger partial charge < -0.3 is 4.42 Å². The zero-order valence-corrected chi connectivity index (χ0v) is 12.2. The normalized spacial score (nSPS) is 11.5. The molecule has 0 N–H and O–H groups in total. The second-order valence-electron chi connectivity index (χ2n) is 5.55. The lowest BCUT2D eigenvalue weighted by Gasteiger charge is -2.02. The van der Waals surface area contributed by atoms with E-state index in [2.05, 4.69) is 29.2 Å². The molecule has 0 radical (unpaired) electrons. The van der Waals surface area contributed by atoms with E-state index in [0.717, 1.165) is 44.2 Å². The maximum atomic E-state index is 5.83. The Morgan fingerprint density at radius 3 is 2.57 bits per heavy atom. The van der Waals surface area contributed by atoms with Gasteiger partial charge in [0.2, 0.25) is 0 Å². The largest absolute Gasteiger partial charge is 0.454 e. The third-order valence-corrected chi connectivity index (χ3v) is 4.13. The van der Waals surface area contributed by atoms with Crippen LogP contribution in [0, 0.1) is 0 Å². The minimum atomic E-state index is 0.802. The van der Waals surface area contributed by atoms with Gasteiger partial charge in [0.1, 0.15) is 5.58 Å². The van der Waals surface area contributed by atoms with E-state index in [9.17, 15) is 0 Å². The van der Waals surface area contributed by atoms with Crippen molar-refractivity contribution in [3.63, 3.8) is 0 Å². The van der Waals surface area contributed by atoms with Gasteiger partial charge in [0.25, 0.3) is 0 Å². The van der Waals surface area contributed by atoms with Crippen molar-refractivity contribution in [1.82, 2.24) is 9.97 Å². The van der Waals surface area contributed by atoms with E-state index < -0.39 is 0 Å². The molecule has 0 amide bonds. The Bertz CT molecular complexity index is 1170. The Labute approximate surface area is 132 Å². The van der Waals surface area contributed by atoms with Crippen LogP contribution in [0.4, 0.5) is 0 Å². The average Bonchev–Trinajstić information content (AvgIpc) is 2.99. The molecule has 23 heavy (non-hydrogen) atoms. The summed E-state index contributed by atoms with van der Waals surface area (Å²) >= 11 is 0. The Hall–Kier alpha value is -3.20. The summed E-state index contributed by atoms with van der Waals surface area (Å²) in [7, 11) is 0. The van der Waals surface area contributed by atoms with E-state index >= 15 is 0 Å². The van der Waals surface area contributed by atoms with Crippen LogP contribution < -0.4 is 0 Å². The van der Waals surface area contributed by atoms with E-state index in [4.69, 9.17) is 9.40 Å². The lowest BCUT2D eigenvalue weighted by Crippen LogP contribution is -1.88. The molecular formula is C20H12N2O. The first-order valence-electron chi connectivity index (χ1n) is 7.52. The molecule has 5 aromatic rings. The first-order chi connectivity index (χ1) is 11.4. The Morgan fingerprint density at radius 2 is 1.57 bits per heavy atom. The highest BCUT2D eigenvalue weighted by Gasteiger charge is 2.10. The number of nitrogens with zero attached hydrogens (tertiary/aromatic N) is 2. The lowest BCUT2D eigenvalue weighted by atomic mass is 10.1. The predicted octanol–water partition coefficient (Wildman–Crippen LogP) is 5.20. The predicted molar refractivity (Wildman–Crippen MR) is 92.3 cm³/mol. The molecule has 0 fully saturated rings. The number of aromatic nitrogens is 2. The minimum Gasteiger partial charge on any atom is -0.454 e. The fourth-order valence-electron chi connectivity index (χ4n) is 2.98. The minimum absolute atomic E-state index is 0.802. The quantitative estimate of drug-likeness (QED) is 0.427. The van der Waals surface area contributed by atoms with Crippen LogP contribution in [-0.4, -0.2) is 9.97 Å². The van der Waals surface area contributed by atoms with Gasteiger partial charge in [-0.1, -0.05) is 42.5 Å². The summed E-state index contributed by atoms with van der Waals surface area (Å²) in [5.74, 6) is 0. The van der Waals surface area contributed by atoms with Crippen molar-refractivity contribution in [2.75, 3.05) is 0 Å². The number of para-hydroxylation sites is 2. The average molecular weight is 296 g/mol. The second kappa shape index (κ2) is 4.65. The van der Waals surface area contributed by atoms with Crippen LogP contribution in [-0.2, 0) is 0 Å². The third kappa shape index (κ3) is 1.90. The van der Waals surface area contributed by atoms with E-state index in [1.807, 2.05) is 42.5 Å². The second-order valence-corrected chi connectivity index (χ2v) is 5.55. The van der Waals surface area contributed by atoms with Crippen LogP contribution in [0.5, 0.6) is 0 Å². The summed E-state index contributed by atoms with van der Waals surface area (Å²) in [5, 5.41) is 3.30. The summed E-state index contributed by atoms with van der Waals surface area (Å²) in [6, 6.07) is 22.3. The summed E-state index contributed by atoms with van der Waals surface area (Å²) in [4.78, 5) is 9.25. The molecule has 3 aromatic heterocycles. The molecular weight excluding hydrogens is 284 g/mol. The van der Waals surface area contributed by atoms with Gasteiger partial charge in [0, 0.05) is 16.2 Å². The van der Waals surface area contributed by atoms with E-state index in [0.29, 0.717) is 0 Å². The molecule has 0 saturated carbocycles. The molecule has 0 atom stereocenters. The number of rotatable bonds is 1. The van der Waals surface area contributed by atoms with Crippen molar-refractivity contribution in [3.05, 3.63) is 72.9 Å². The molecule has 0 spiro atoms. The number of pyridine rings is 2. The first-order valence-corrected chi connectivity index (χ1v) is 7.52. The number of furan rings is 1. The van der Waals surface area contributed by atoms with Crippen molar-refractivity contribution in [1.29, 1.82) is 0 Å². The molecule has 0 saturated heterocycles. The van der Waals surface area contributed by atoms with Gasteiger partial charge in [0.15, 0.2) is 5.58 Å². The first kappa shape index (κ1) is 12.4. The van der Waals surface area contributed by atoms with Gasteiger partial charge in [-0.2, -0.15) is 0 Å². The fourth-order valence-corrected chi connectivity index (χ4v) is 2.98. The van der Waals surface area contributed by atoms with Gasteiger partial charge >= 0.3 is 0 Å². The van der Waals surface area contributed by atoms with Crippen molar-refractivity contribution < 1.29 is 4.42 Å². The zero-order chi connectivity index (χ0) is 15.2. The van der Waals surface area contributed by atoms with Gasteiger partial charge in [0.05, 0.1) is 23.1 Å². The molecule has 108 valence electrons. The van der Waals surface area contributed by atoms with Crippen molar-refractivity contribution in [3.8, 4) is 11.4 Å². The lowest BCUT2D eigenvalue weighted by molar-refractivity contribution is 0.667. The zero-order valence-electron chi connectivity index (χ0n) is 12.2. The number of benzene rings is 2. The Kier molecular flexibility index (Phi) is 2.50. The standard InChI is InChI=1S/C20H12N2O/c1-3-7-16-13(5-1)9-10-17(22-16)18-11-15-14-6-2-4-8-19(14)23-20(15)12-21-18/h1-12H. The highest BCUT2D eigenvalue weighted by molar-refractivity contribution is 6.05. The fraction of sp³-hybridized carbons (Fsp3) is 0. The van der Waals surface area contributed by atoms with Crippen LogP contribution in [0.2, 0.25) is 0 Å². The molecule has 0 aliphatic rings. The maximum absolute atomic E-state index is 5.83. The summed E-state index contributed by atoms with van der Waals surface area (Å²) in [6.45, 7) is 0. The van der Waals surface area contributed by atoms with Crippen LogP contribution >= 0.6 is 0 Å². The van der Waals surface area contributed by atoms with E-state index in [1.165, 1.54) is 0 Å². The van der Waals surface area contributed by atoms with Crippen LogP contribution in [0.15, 0.2) is 77.3 Å². The van der Waals surface area contributed by atoms with Gasteiger partial charge in [-0.15, -0.1) is 0 Å². The number of fused-ring (bicyclic) bond motifs is 4. The highest BCUT2D eigenvalue weighted by Crippen LogP contribution is 2.30. The van der Waals surface area contributed by atoms with Gasteiger partial charge in [-0.05, 0) is 24.3 Å². The molecule has 0 aliphatic carbocycles. The van der Waals surface area contributed by atoms with Crippen LogP contribution in [0.1, 0.15) is 0 Å². The number of hydrogen-bond donors (Lipinski definition) is 0. The van der Waals surface area contributed by atoms with Gasteiger partial charge in [-0.25, -0.2) is 4.98 Å².